The fraction of sp³-hybridized carbons (Fsp3) is 0.375. The molecule has 1 heterocycles. The molecule has 0 bridgehead atoms. The van der Waals surface area contributed by atoms with Gasteiger partial charge in [0.15, 0.2) is 0 Å². The van der Waals surface area contributed by atoms with E-state index in [0.29, 0.717) is 24.1 Å². The SMILES string of the molecule is Cc1cc(NC(=O)[C@H](C)N(C)CCOc2ccc(Cl)cc2)on1. The van der Waals surface area contributed by atoms with E-state index in [1.54, 1.807) is 25.1 Å². The molecule has 0 radical (unpaired) electrons. The first kappa shape index (κ1) is 17.3. The summed E-state index contributed by atoms with van der Waals surface area (Å²) >= 11 is 5.82. The molecular formula is C16H20ClN3O3. The summed E-state index contributed by atoms with van der Waals surface area (Å²) in [6.45, 7) is 4.69. The van der Waals surface area contributed by atoms with Crippen LogP contribution in [0.1, 0.15) is 12.6 Å². The monoisotopic (exact) mass is 337 g/mol. The van der Waals surface area contributed by atoms with Crippen LogP contribution in [0.3, 0.4) is 0 Å². The Morgan fingerprint density at radius 3 is 2.74 bits per heavy atom. The topological polar surface area (TPSA) is 67.6 Å². The number of carbonyl (C=O) groups excluding carboxylic acids is 1. The average Bonchev–Trinajstić information content (AvgIpc) is 2.93. The third kappa shape index (κ3) is 5.26. The van der Waals surface area contributed by atoms with Crippen LogP contribution in [-0.4, -0.2) is 42.2 Å². The molecule has 1 N–H and O–H groups in total. The number of amides is 1. The number of rotatable bonds is 7. The predicted octanol–water partition coefficient (Wildman–Crippen LogP) is 2.97. The third-order valence-corrected chi connectivity index (χ3v) is 3.69. The molecule has 0 saturated heterocycles. The first-order valence-corrected chi connectivity index (χ1v) is 7.66. The summed E-state index contributed by atoms with van der Waals surface area (Å²) in [5, 5.41) is 7.09. The second kappa shape index (κ2) is 7.99. The number of ether oxygens (including phenoxy) is 1. The molecule has 7 heteroatoms. The highest BCUT2D eigenvalue weighted by atomic mass is 35.5. The van der Waals surface area contributed by atoms with Gasteiger partial charge in [-0.05, 0) is 45.2 Å². The van der Waals surface area contributed by atoms with Gasteiger partial charge in [0.05, 0.1) is 11.7 Å². The van der Waals surface area contributed by atoms with Crippen molar-refractivity contribution in [1.82, 2.24) is 10.1 Å². The normalized spacial score (nSPS) is 12.2. The molecule has 0 unspecified atom stereocenters. The van der Waals surface area contributed by atoms with Gasteiger partial charge >= 0.3 is 0 Å². The maximum Gasteiger partial charge on any atom is 0.243 e. The van der Waals surface area contributed by atoms with E-state index in [9.17, 15) is 4.79 Å². The molecule has 0 aliphatic heterocycles. The number of aryl methyl sites for hydroxylation is 1. The number of aromatic nitrogens is 1. The molecule has 0 spiro atoms. The number of carbonyl (C=O) groups is 1. The van der Waals surface area contributed by atoms with Gasteiger partial charge in [-0.25, -0.2) is 0 Å². The van der Waals surface area contributed by atoms with Crippen molar-refractivity contribution in [3.63, 3.8) is 0 Å². The molecule has 0 aliphatic carbocycles. The van der Waals surface area contributed by atoms with E-state index in [1.807, 2.05) is 31.0 Å². The Bertz CT molecular complexity index is 642. The Balaban J connectivity index is 1.76. The number of likely N-dealkylation sites (N-methyl/N-ethyl adjacent to an activating group) is 1. The van der Waals surface area contributed by atoms with Crippen LogP contribution < -0.4 is 10.1 Å². The van der Waals surface area contributed by atoms with Gasteiger partial charge in [-0.15, -0.1) is 0 Å². The summed E-state index contributed by atoms with van der Waals surface area (Å²) in [4.78, 5) is 14.0. The third-order valence-electron chi connectivity index (χ3n) is 3.44. The minimum atomic E-state index is -0.325. The van der Waals surface area contributed by atoms with E-state index in [2.05, 4.69) is 10.5 Å². The van der Waals surface area contributed by atoms with Crippen LogP contribution in [0.4, 0.5) is 5.88 Å². The maximum absolute atomic E-state index is 12.1. The van der Waals surface area contributed by atoms with E-state index in [1.165, 1.54) is 0 Å². The summed E-state index contributed by atoms with van der Waals surface area (Å²) in [5.41, 5.74) is 0.720. The molecule has 1 aromatic heterocycles. The Hall–Kier alpha value is -2.05. The molecule has 1 aromatic carbocycles. The zero-order chi connectivity index (χ0) is 16.8. The summed E-state index contributed by atoms with van der Waals surface area (Å²) in [7, 11) is 1.86. The molecule has 0 fully saturated rings. The van der Waals surface area contributed by atoms with Crippen LogP contribution >= 0.6 is 11.6 Å². The highest BCUT2D eigenvalue weighted by Crippen LogP contribution is 2.15. The predicted molar refractivity (Wildman–Crippen MR) is 88.9 cm³/mol. The minimum Gasteiger partial charge on any atom is -0.492 e. The molecule has 0 saturated carbocycles. The van der Waals surface area contributed by atoms with Crippen molar-refractivity contribution >= 4 is 23.4 Å². The van der Waals surface area contributed by atoms with Gasteiger partial charge in [0, 0.05) is 17.6 Å². The quantitative estimate of drug-likeness (QED) is 0.841. The molecular weight excluding hydrogens is 318 g/mol. The van der Waals surface area contributed by atoms with E-state index in [-0.39, 0.29) is 11.9 Å². The van der Waals surface area contributed by atoms with Gasteiger partial charge in [-0.1, -0.05) is 16.8 Å². The van der Waals surface area contributed by atoms with Crippen LogP contribution in [0.5, 0.6) is 5.75 Å². The molecule has 2 aromatic rings. The molecule has 1 atom stereocenters. The number of halogens is 1. The largest absolute Gasteiger partial charge is 0.492 e. The number of hydrogen-bond donors (Lipinski definition) is 1. The molecule has 6 nitrogen and oxygen atoms in total. The number of anilines is 1. The zero-order valence-electron chi connectivity index (χ0n) is 13.4. The molecule has 0 aliphatic rings. The summed E-state index contributed by atoms with van der Waals surface area (Å²) in [6.07, 6.45) is 0. The van der Waals surface area contributed by atoms with E-state index < -0.39 is 0 Å². The van der Waals surface area contributed by atoms with Crippen molar-refractivity contribution in [2.45, 2.75) is 19.9 Å². The Morgan fingerprint density at radius 2 is 2.13 bits per heavy atom. The van der Waals surface area contributed by atoms with Gasteiger partial charge in [-0.2, -0.15) is 0 Å². The number of nitrogens with one attached hydrogen (secondary N) is 1. The lowest BCUT2D eigenvalue weighted by Gasteiger charge is -2.23. The number of nitrogens with zero attached hydrogens (tertiary/aromatic N) is 2. The van der Waals surface area contributed by atoms with Crippen LogP contribution in [-0.2, 0) is 4.79 Å². The molecule has 2 rings (SSSR count). The van der Waals surface area contributed by atoms with Gasteiger partial charge in [0.1, 0.15) is 12.4 Å². The Morgan fingerprint density at radius 1 is 1.43 bits per heavy atom. The molecule has 1 amide bonds. The summed E-state index contributed by atoms with van der Waals surface area (Å²) < 4.78 is 10.6. The second-order valence-corrected chi connectivity index (χ2v) is 5.72. The smallest absolute Gasteiger partial charge is 0.243 e. The lowest BCUT2D eigenvalue weighted by molar-refractivity contribution is -0.120. The lowest BCUT2D eigenvalue weighted by Crippen LogP contribution is -2.41. The van der Waals surface area contributed by atoms with E-state index in [0.717, 1.165) is 11.4 Å². The fourth-order valence-electron chi connectivity index (χ4n) is 1.88. The van der Waals surface area contributed by atoms with Crippen LogP contribution in [0.2, 0.25) is 5.02 Å². The first-order valence-electron chi connectivity index (χ1n) is 7.28. The maximum atomic E-state index is 12.1. The van der Waals surface area contributed by atoms with E-state index >= 15 is 0 Å². The number of benzene rings is 1. The van der Waals surface area contributed by atoms with Crippen molar-refractivity contribution in [2.24, 2.45) is 0 Å². The summed E-state index contributed by atoms with van der Waals surface area (Å²) in [6, 6.07) is 8.52. The van der Waals surface area contributed by atoms with E-state index in [4.69, 9.17) is 20.9 Å². The minimum absolute atomic E-state index is 0.157. The molecule has 23 heavy (non-hydrogen) atoms. The highest BCUT2D eigenvalue weighted by molar-refractivity contribution is 6.30. The van der Waals surface area contributed by atoms with Crippen molar-refractivity contribution in [3.8, 4) is 5.75 Å². The van der Waals surface area contributed by atoms with Gasteiger partial charge in [0.25, 0.3) is 0 Å². The first-order chi connectivity index (χ1) is 11.0. The zero-order valence-corrected chi connectivity index (χ0v) is 14.1. The second-order valence-electron chi connectivity index (χ2n) is 5.28. The van der Waals surface area contributed by atoms with Gasteiger partial charge in [0.2, 0.25) is 11.8 Å². The van der Waals surface area contributed by atoms with Crippen LogP contribution in [0.15, 0.2) is 34.9 Å². The lowest BCUT2D eigenvalue weighted by atomic mass is 10.2. The van der Waals surface area contributed by atoms with Crippen LogP contribution in [0.25, 0.3) is 0 Å². The van der Waals surface area contributed by atoms with Crippen LogP contribution in [0, 0.1) is 6.92 Å². The summed E-state index contributed by atoms with van der Waals surface area (Å²) in [5.74, 6) is 0.942. The van der Waals surface area contributed by atoms with Crippen molar-refractivity contribution in [3.05, 3.63) is 41.0 Å². The number of hydrogen-bond acceptors (Lipinski definition) is 5. The standard InChI is InChI=1S/C16H20ClN3O3/c1-11-10-15(23-19-11)18-16(21)12(2)20(3)8-9-22-14-6-4-13(17)5-7-14/h4-7,10,12H,8-9H2,1-3H3,(H,18,21)/t12-/m0/s1. The van der Waals surface area contributed by atoms with Crippen molar-refractivity contribution in [1.29, 1.82) is 0 Å². The van der Waals surface area contributed by atoms with Crippen molar-refractivity contribution in [2.75, 3.05) is 25.5 Å². The Labute approximate surface area is 140 Å². The fourth-order valence-corrected chi connectivity index (χ4v) is 2.01. The van der Waals surface area contributed by atoms with Gasteiger partial charge in [-0.3, -0.25) is 15.0 Å². The van der Waals surface area contributed by atoms with Gasteiger partial charge < -0.3 is 9.26 Å². The van der Waals surface area contributed by atoms with Crippen molar-refractivity contribution < 1.29 is 14.1 Å². The molecule has 124 valence electrons. The highest BCUT2D eigenvalue weighted by Gasteiger charge is 2.19. The Kier molecular flexibility index (Phi) is 6.01. The average molecular weight is 338 g/mol.